The van der Waals surface area contributed by atoms with Crippen LogP contribution in [-0.2, 0) is 6.54 Å². The first-order valence-electron chi connectivity index (χ1n) is 5.30. The Morgan fingerprint density at radius 3 is 2.88 bits per heavy atom. The van der Waals surface area contributed by atoms with Crippen LogP contribution >= 0.6 is 0 Å². The normalized spacial score (nSPS) is 10.2. The van der Waals surface area contributed by atoms with Crippen molar-refractivity contribution in [2.75, 3.05) is 5.73 Å². The minimum Gasteiger partial charge on any atom is -0.396 e. The lowest BCUT2D eigenvalue weighted by atomic mass is 10.1. The lowest BCUT2D eigenvalue weighted by Crippen LogP contribution is -2.24. The second-order valence-corrected chi connectivity index (χ2v) is 3.81. The van der Waals surface area contributed by atoms with Gasteiger partial charge in [-0.15, -0.1) is 0 Å². The van der Waals surface area contributed by atoms with Crippen molar-refractivity contribution in [3.05, 3.63) is 47.3 Å². The zero-order valence-electron chi connectivity index (χ0n) is 9.53. The van der Waals surface area contributed by atoms with E-state index in [4.69, 9.17) is 5.73 Å². The van der Waals surface area contributed by atoms with Crippen molar-refractivity contribution in [1.82, 2.24) is 15.5 Å². The lowest BCUT2D eigenvalue weighted by Gasteiger charge is -2.07. The van der Waals surface area contributed by atoms with Crippen molar-refractivity contribution in [3.8, 4) is 0 Å². The Hall–Kier alpha value is -2.30. The van der Waals surface area contributed by atoms with E-state index in [1.54, 1.807) is 0 Å². The summed E-state index contributed by atoms with van der Waals surface area (Å²) in [5.74, 6) is -0.247. The second kappa shape index (κ2) is 4.69. The second-order valence-electron chi connectivity index (χ2n) is 3.81. The van der Waals surface area contributed by atoms with Crippen LogP contribution in [0.5, 0.6) is 0 Å². The first kappa shape index (κ1) is 11.2. The summed E-state index contributed by atoms with van der Waals surface area (Å²) in [7, 11) is 0. The van der Waals surface area contributed by atoms with Crippen molar-refractivity contribution in [1.29, 1.82) is 0 Å². The monoisotopic (exact) mass is 230 g/mol. The molecule has 0 radical (unpaired) electrons. The van der Waals surface area contributed by atoms with Crippen LogP contribution < -0.4 is 11.1 Å². The van der Waals surface area contributed by atoms with E-state index in [1.165, 1.54) is 6.20 Å². The molecule has 5 heteroatoms. The van der Waals surface area contributed by atoms with Crippen LogP contribution in [0.2, 0.25) is 0 Å². The molecule has 0 unspecified atom stereocenters. The fourth-order valence-corrected chi connectivity index (χ4v) is 1.55. The number of hydrogen-bond acceptors (Lipinski definition) is 3. The number of carbonyl (C=O) groups is 1. The Kier molecular flexibility index (Phi) is 3.09. The van der Waals surface area contributed by atoms with E-state index in [0.29, 0.717) is 17.9 Å². The molecule has 4 N–H and O–H groups in total. The molecule has 0 aliphatic heterocycles. The van der Waals surface area contributed by atoms with Gasteiger partial charge in [-0.1, -0.05) is 24.3 Å². The fourth-order valence-electron chi connectivity index (χ4n) is 1.55. The Labute approximate surface area is 99.0 Å². The average Bonchev–Trinajstić information content (AvgIpc) is 2.74. The van der Waals surface area contributed by atoms with E-state index in [0.717, 1.165) is 11.1 Å². The van der Waals surface area contributed by atoms with Crippen LogP contribution in [0.4, 0.5) is 5.69 Å². The van der Waals surface area contributed by atoms with Crippen LogP contribution in [0.3, 0.4) is 0 Å². The molecule has 0 bridgehead atoms. The molecule has 0 saturated carbocycles. The summed E-state index contributed by atoms with van der Waals surface area (Å²) in [4.78, 5) is 11.7. The smallest absolute Gasteiger partial charge is 0.271 e. The van der Waals surface area contributed by atoms with Gasteiger partial charge < -0.3 is 11.1 Å². The Balaban J connectivity index is 2.02. The van der Waals surface area contributed by atoms with Crippen molar-refractivity contribution in [3.63, 3.8) is 0 Å². The third kappa shape index (κ3) is 2.44. The van der Waals surface area contributed by atoms with Gasteiger partial charge in [-0.05, 0) is 18.1 Å². The molecule has 0 aliphatic rings. The predicted molar refractivity (Wildman–Crippen MR) is 65.3 cm³/mol. The van der Waals surface area contributed by atoms with Crippen molar-refractivity contribution < 1.29 is 4.79 Å². The van der Waals surface area contributed by atoms with E-state index >= 15 is 0 Å². The van der Waals surface area contributed by atoms with E-state index in [1.807, 2.05) is 31.2 Å². The molecule has 1 aromatic carbocycles. The molecule has 17 heavy (non-hydrogen) atoms. The van der Waals surface area contributed by atoms with Gasteiger partial charge in [0.1, 0.15) is 5.69 Å². The van der Waals surface area contributed by atoms with Gasteiger partial charge in [-0.25, -0.2) is 0 Å². The van der Waals surface area contributed by atoms with Gasteiger partial charge in [-0.2, -0.15) is 5.10 Å². The van der Waals surface area contributed by atoms with Gasteiger partial charge >= 0.3 is 0 Å². The lowest BCUT2D eigenvalue weighted by molar-refractivity contribution is 0.0947. The molecule has 1 amide bonds. The number of aryl methyl sites for hydroxylation is 1. The highest BCUT2D eigenvalue weighted by Gasteiger charge is 2.11. The van der Waals surface area contributed by atoms with Gasteiger partial charge in [-0.3, -0.25) is 9.89 Å². The molecule has 1 aromatic heterocycles. The summed E-state index contributed by atoms with van der Waals surface area (Å²) in [5.41, 5.74) is 8.47. The number of amides is 1. The van der Waals surface area contributed by atoms with E-state index in [2.05, 4.69) is 15.5 Å². The number of nitrogens with two attached hydrogens (primary N) is 1. The molecule has 2 aromatic rings. The van der Waals surface area contributed by atoms with Crippen LogP contribution in [-0.4, -0.2) is 16.1 Å². The molecule has 0 saturated heterocycles. The third-order valence-electron chi connectivity index (χ3n) is 2.60. The summed E-state index contributed by atoms with van der Waals surface area (Å²) < 4.78 is 0. The Bertz CT molecular complexity index is 533. The molecule has 0 aliphatic carbocycles. The zero-order valence-corrected chi connectivity index (χ0v) is 9.53. The van der Waals surface area contributed by atoms with E-state index in [-0.39, 0.29) is 5.91 Å². The molecule has 0 spiro atoms. The van der Waals surface area contributed by atoms with E-state index in [9.17, 15) is 4.79 Å². The molecule has 2 rings (SSSR count). The molecule has 88 valence electrons. The quantitative estimate of drug-likeness (QED) is 0.741. The molecular weight excluding hydrogens is 216 g/mol. The predicted octanol–water partition coefficient (Wildman–Crippen LogP) is 1.23. The zero-order chi connectivity index (χ0) is 12.3. The largest absolute Gasteiger partial charge is 0.396 e. The van der Waals surface area contributed by atoms with Crippen LogP contribution in [0.25, 0.3) is 0 Å². The minimum absolute atomic E-state index is 0.247. The third-order valence-corrected chi connectivity index (χ3v) is 2.60. The standard InChI is InChI=1S/C12H14N4O/c1-8-4-2-3-5-9(8)6-14-12(17)11-10(13)7-15-16-11/h2-5,7H,6,13H2,1H3,(H,14,17)(H,15,16). The van der Waals surface area contributed by atoms with Crippen molar-refractivity contribution in [2.24, 2.45) is 0 Å². The minimum atomic E-state index is -0.247. The van der Waals surface area contributed by atoms with Crippen LogP contribution in [0.15, 0.2) is 30.5 Å². The number of H-pyrrole nitrogens is 1. The van der Waals surface area contributed by atoms with Gasteiger partial charge in [0.05, 0.1) is 11.9 Å². The highest BCUT2D eigenvalue weighted by atomic mass is 16.1. The highest BCUT2D eigenvalue weighted by Crippen LogP contribution is 2.08. The van der Waals surface area contributed by atoms with E-state index < -0.39 is 0 Å². The number of carbonyl (C=O) groups excluding carboxylic acids is 1. The number of nitrogens with zero attached hydrogens (tertiary/aromatic N) is 1. The van der Waals surface area contributed by atoms with Gasteiger partial charge in [0.15, 0.2) is 0 Å². The first-order valence-corrected chi connectivity index (χ1v) is 5.30. The number of hydrogen-bond donors (Lipinski definition) is 3. The van der Waals surface area contributed by atoms with Crippen LogP contribution in [0, 0.1) is 6.92 Å². The fraction of sp³-hybridized carbons (Fsp3) is 0.167. The number of aromatic nitrogens is 2. The van der Waals surface area contributed by atoms with Crippen LogP contribution in [0.1, 0.15) is 21.6 Å². The maximum Gasteiger partial charge on any atom is 0.271 e. The SMILES string of the molecule is Cc1ccccc1CNC(=O)c1[nH]ncc1N. The molecule has 0 fully saturated rings. The highest BCUT2D eigenvalue weighted by molar-refractivity contribution is 5.96. The molecule has 1 heterocycles. The first-order chi connectivity index (χ1) is 8.18. The molecule has 5 nitrogen and oxygen atoms in total. The maximum absolute atomic E-state index is 11.7. The number of nitrogen functional groups attached to an aromatic ring is 1. The number of rotatable bonds is 3. The summed E-state index contributed by atoms with van der Waals surface area (Å²) in [6.07, 6.45) is 1.42. The summed E-state index contributed by atoms with van der Waals surface area (Å²) >= 11 is 0. The molecule has 0 atom stereocenters. The summed E-state index contributed by atoms with van der Waals surface area (Å²) in [5, 5.41) is 9.07. The summed E-state index contributed by atoms with van der Waals surface area (Å²) in [6.45, 7) is 2.48. The average molecular weight is 230 g/mol. The van der Waals surface area contributed by atoms with Crippen molar-refractivity contribution in [2.45, 2.75) is 13.5 Å². The number of anilines is 1. The number of aromatic amines is 1. The van der Waals surface area contributed by atoms with Gasteiger partial charge in [0, 0.05) is 6.54 Å². The number of benzene rings is 1. The van der Waals surface area contributed by atoms with Crippen molar-refractivity contribution >= 4 is 11.6 Å². The molecular formula is C12H14N4O. The topological polar surface area (TPSA) is 83.8 Å². The van der Waals surface area contributed by atoms with Gasteiger partial charge in [0.25, 0.3) is 5.91 Å². The van der Waals surface area contributed by atoms with Gasteiger partial charge in [0.2, 0.25) is 0 Å². The number of nitrogens with one attached hydrogen (secondary N) is 2. The maximum atomic E-state index is 11.7. The summed E-state index contributed by atoms with van der Waals surface area (Å²) in [6, 6.07) is 7.89. The Morgan fingerprint density at radius 1 is 1.47 bits per heavy atom. The Morgan fingerprint density at radius 2 is 2.24 bits per heavy atom.